The number of carboxylic acids is 1. The van der Waals surface area contributed by atoms with Gasteiger partial charge in [0.25, 0.3) is 0 Å². The molecule has 1 aromatic carbocycles. The van der Waals surface area contributed by atoms with Gasteiger partial charge in [0.1, 0.15) is 0 Å². The van der Waals surface area contributed by atoms with Gasteiger partial charge in [-0.25, -0.2) is 0 Å². The maximum Gasteiger partial charge on any atom is 0.310 e. The molecular formula is C16H17NO3S. The summed E-state index contributed by atoms with van der Waals surface area (Å²) in [5.41, 5.74) is 1.32. The third kappa shape index (κ3) is 4.43. The molecule has 0 radical (unpaired) electrons. The first-order chi connectivity index (χ1) is 10.1. The zero-order valence-electron chi connectivity index (χ0n) is 11.7. The van der Waals surface area contributed by atoms with Crippen molar-refractivity contribution in [3.63, 3.8) is 0 Å². The van der Waals surface area contributed by atoms with E-state index in [0.29, 0.717) is 24.1 Å². The summed E-state index contributed by atoms with van der Waals surface area (Å²) in [6.07, 6.45) is 1.13. The van der Waals surface area contributed by atoms with Gasteiger partial charge in [-0.1, -0.05) is 18.2 Å². The van der Waals surface area contributed by atoms with Gasteiger partial charge in [-0.3, -0.25) is 9.59 Å². The number of carbonyl (C=O) groups excluding carboxylic acids is 1. The Hall–Kier alpha value is -2.14. The van der Waals surface area contributed by atoms with Crippen molar-refractivity contribution in [3.05, 3.63) is 52.2 Å². The molecule has 0 aliphatic heterocycles. The summed E-state index contributed by atoms with van der Waals surface area (Å²) in [5, 5.41) is 13.8. The minimum absolute atomic E-state index is 0.0662. The SMILES string of the molecule is CC(C(=O)O)c1cccc(NC(=O)CCc2cccs2)c1. The Bertz CT molecular complexity index is 622. The van der Waals surface area contributed by atoms with E-state index in [0.717, 1.165) is 0 Å². The molecule has 0 spiro atoms. The molecule has 5 heteroatoms. The second-order valence-corrected chi connectivity index (χ2v) is 5.85. The van der Waals surface area contributed by atoms with Gasteiger partial charge >= 0.3 is 5.97 Å². The Labute approximate surface area is 127 Å². The summed E-state index contributed by atoms with van der Waals surface area (Å²) in [4.78, 5) is 24.1. The minimum Gasteiger partial charge on any atom is -0.481 e. The van der Waals surface area contributed by atoms with Crippen LogP contribution in [0.25, 0.3) is 0 Å². The monoisotopic (exact) mass is 303 g/mol. The number of anilines is 1. The fourth-order valence-electron chi connectivity index (χ4n) is 1.94. The number of benzene rings is 1. The number of carboxylic acid groups (broad SMARTS) is 1. The molecule has 2 N–H and O–H groups in total. The van der Waals surface area contributed by atoms with Gasteiger partial charge in [0.2, 0.25) is 5.91 Å². The zero-order chi connectivity index (χ0) is 15.2. The molecule has 21 heavy (non-hydrogen) atoms. The number of aliphatic carboxylic acids is 1. The van der Waals surface area contributed by atoms with Crippen LogP contribution >= 0.6 is 11.3 Å². The van der Waals surface area contributed by atoms with Crippen LogP contribution in [0.1, 0.15) is 29.7 Å². The van der Waals surface area contributed by atoms with Crippen molar-refractivity contribution in [1.82, 2.24) is 0 Å². The van der Waals surface area contributed by atoms with Crippen LogP contribution in [0.4, 0.5) is 5.69 Å². The van der Waals surface area contributed by atoms with E-state index >= 15 is 0 Å². The normalized spacial score (nSPS) is 11.9. The number of aryl methyl sites for hydroxylation is 1. The molecule has 0 saturated carbocycles. The van der Waals surface area contributed by atoms with E-state index in [1.54, 1.807) is 42.5 Å². The summed E-state index contributed by atoms with van der Waals surface area (Å²) >= 11 is 1.64. The van der Waals surface area contributed by atoms with Crippen molar-refractivity contribution >= 4 is 28.9 Å². The molecule has 2 aromatic rings. The van der Waals surface area contributed by atoms with E-state index in [9.17, 15) is 9.59 Å². The van der Waals surface area contributed by atoms with Crippen LogP contribution in [-0.4, -0.2) is 17.0 Å². The van der Waals surface area contributed by atoms with Gasteiger partial charge in [-0.05, 0) is 42.5 Å². The number of rotatable bonds is 6. The predicted molar refractivity (Wildman–Crippen MR) is 83.8 cm³/mol. The van der Waals surface area contributed by atoms with Gasteiger partial charge in [0.05, 0.1) is 5.92 Å². The lowest BCUT2D eigenvalue weighted by molar-refractivity contribution is -0.138. The lowest BCUT2D eigenvalue weighted by Crippen LogP contribution is -2.13. The molecule has 0 aliphatic carbocycles. The number of carbonyl (C=O) groups is 2. The van der Waals surface area contributed by atoms with Crippen molar-refractivity contribution in [2.24, 2.45) is 0 Å². The van der Waals surface area contributed by atoms with Crippen LogP contribution in [0.5, 0.6) is 0 Å². The Kier molecular flexibility index (Phi) is 5.11. The first kappa shape index (κ1) is 15.3. The average Bonchev–Trinajstić information content (AvgIpc) is 2.98. The molecular weight excluding hydrogens is 286 g/mol. The molecule has 0 fully saturated rings. The predicted octanol–water partition coefficient (Wildman–Crippen LogP) is 3.51. The third-order valence-corrected chi connectivity index (χ3v) is 4.16. The Balaban J connectivity index is 1.94. The van der Waals surface area contributed by atoms with E-state index in [-0.39, 0.29) is 5.91 Å². The summed E-state index contributed by atoms with van der Waals surface area (Å²) in [5.74, 6) is -1.53. The van der Waals surface area contributed by atoms with Crippen LogP contribution in [0.2, 0.25) is 0 Å². The highest BCUT2D eigenvalue weighted by molar-refractivity contribution is 7.09. The highest BCUT2D eigenvalue weighted by atomic mass is 32.1. The molecule has 0 aliphatic rings. The highest BCUT2D eigenvalue weighted by Crippen LogP contribution is 2.20. The Morgan fingerprint density at radius 1 is 1.29 bits per heavy atom. The minimum atomic E-state index is -0.879. The summed E-state index contributed by atoms with van der Waals surface area (Å²) in [6.45, 7) is 1.63. The summed E-state index contributed by atoms with van der Waals surface area (Å²) < 4.78 is 0. The number of hydrogen-bond donors (Lipinski definition) is 2. The first-order valence-corrected chi connectivity index (χ1v) is 7.59. The molecule has 1 atom stereocenters. The van der Waals surface area contributed by atoms with Crippen LogP contribution in [0.3, 0.4) is 0 Å². The van der Waals surface area contributed by atoms with Crippen molar-refractivity contribution in [2.45, 2.75) is 25.7 Å². The lowest BCUT2D eigenvalue weighted by atomic mass is 10.0. The van der Waals surface area contributed by atoms with Crippen LogP contribution < -0.4 is 5.32 Å². The fraction of sp³-hybridized carbons (Fsp3) is 0.250. The van der Waals surface area contributed by atoms with Crippen molar-refractivity contribution in [2.75, 3.05) is 5.32 Å². The smallest absolute Gasteiger partial charge is 0.310 e. The van der Waals surface area contributed by atoms with Crippen LogP contribution in [0.15, 0.2) is 41.8 Å². The van der Waals surface area contributed by atoms with E-state index in [2.05, 4.69) is 5.32 Å². The molecule has 4 nitrogen and oxygen atoms in total. The Morgan fingerprint density at radius 3 is 2.76 bits per heavy atom. The standard InChI is InChI=1S/C16H17NO3S/c1-11(16(19)20)12-4-2-5-13(10-12)17-15(18)8-7-14-6-3-9-21-14/h2-6,9-11H,7-8H2,1H3,(H,17,18)(H,19,20). The number of thiophene rings is 1. The van der Waals surface area contributed by atoms with Crippen molar-refractivity contribution < 1.29 is 14.7 Å². The molecule has 0 saturated heterocycles. The number of amides is 1. The molecule has 0 bridgehead atoms. The molecule has 1 unspecified atom stereocenters. The lowest BCUT2D eigenvalue weighted by Gasteiger charge is -2.10. The second kappa shape index (κ2) is 7.04. The third-order valence-electron chi connectivity index (χ3n) is 3.22. The summed E-state index contributed by atoms with van der Waals surface area (Å²) in [7, 11) is 0. The van der Waals surface area contributed by atoms with E-state index in [1.807, 2.05) is 17.5 Å². The molecule has 2 rings (SSSR count). The average molecular weight is 303 g/mol. The number of nitrogens with one attached hydrogen (secondary N) is 1. The van der Waals surface area contributed by atoms with Crippen molar-refractivity contribution in [3.8, 4) is 0 Å². The maximum absolute atomic E-state index is 11.9. The van der Waals surface area contributed by atoms with Gasteiger partial charge in [0, 0.05) is 17.0 Å². The van der Waals surface area contributed by atoms with Gasteiger partial charge in [-0.15, -0.1) is 11.3 Å². The van der Waals surface area contributed by atoms with Crippen LogP contribution in [0, 0.1) is 0 Å². The fourth-order valence-corrected chi connectivity index (χ4v) is 2.65. The second-order valence-electron chi connectivity index (χ2n) is 4.81. The van der Waals surface area contributed by atoms with E-state index < -0.39 is 11.9 Å². The topological polar surface area (TPSA) is 66.4 Å². The van der Waals surface area contributed by atoms with Gasteiger partial charge < -0.3 is 10.4 Å². The number of hydrogen-bond acceptors (Lipinski definition) is 3. The Morgan fingerprint density at radius 2 is 2.10 bits per heavy atom. The highest BCUT2D eigenvalue weighted by Gasteiger charge is 2.14. The molecule has 110 valence electrons. The molecule has 1 heterocycles. The maximum atomic E-state index is 11.9. The largest absolute Gasteiger partial charge is 0.481 e. The van der Waals surface area contributed by atoms with E-state index in [1.165, 1.54) is 4.88 Å². The van der Waals surface area contributed by atoms with Gasteiger partial charge in [0.15, 0.2) is 0 Å². The zero-order valence-corrected chi connectivity index (χ0v) is 12.5. The first-order valence-electron chi connectivity index (χ1n) is 6.71. The van der Waals surface area contributed by atoms with Gasteiger partial charge in [-0.2, -0.15) is 0 Å². The van der Waals surface area contributed by atoms with E-state index in [4.69, 9.17) is 5.11 Å². The van der Waals surface area contributed by atoms with Crippen LogP contribution in [-0.2, 0) is 16.0 Å². The molecule has 1 amide bonds. The quantitative estimate of drug-likeness (QED) is 0.858. The summed E-state index contributed by atoms with van der Waals surface area (Å²) in [6, 6.07) is 11.0. The van der Waals surface area contributed by atoms with Crippen molar-refractivity contribution in [1.29, 1.82) is 0 Å². The molecule has 1 aromatic heterocycles.